The lowest BCUT2D eigenvalue weighted by molar-refractivity contribution is -0.136. The first-order valence-corrected chi connectivity index (χ1v) is 10.9. The van der Waals surface area contributed by atoms with E-state index in [0.717, 1.165) is 36.0 Å². The van der Waals surface area contributed by atoms with Crippen LogP contribution in [0.2, 0.25) is 0 Å². The van der Waals surface area contributed by atoms with E-state index in [-0.39, 0.29) is 40.2 Å². The summed E-state index contributed by atoms with van der Waals surface area (Å²) in [5, 5.41) is 9.01. The highest BCUT2D eigenvalue weighted by molar-refractivity contribution is 6.05. The lowest BCUT2D eigenvalue weighted by Crippen LogP contribution is -2.25. The molecular weight excluding hydrogens is 497 g/mol. The maximum absolute atomic E-state index is 13.7. The number of pyridine rings is 1. The van der Waals surface area contributed by atoms with E-state index in [2.05, 4.69) is 30.7 Å². The summed E-state index contributed by atoms with van der Waals surface area (Å²) in [6, 6.07) is 1.85. The number of methoxy groups -OCH3 is 1. The monoisotopic (exact) mass is 516 g/mol. The second-order valence-corrected chi connectivity index (χ2v) is 8.27. The number of amides is 2. The number of nitrogens with one attached hydrogen (secondary N) is 2. The largest absolute Gasteiger partial charge is 0.480 e. The minimum absolute atomic E-state index is 0.0219. The van der Waals surface area contributed by atoms with Crippen LogP contribution in [0.25, 0.3) is 16.8 Å². The first-order chi connectivity index (χ1) is 17.7. The van der Waals surface area contributed by atoms with E-state index in [1.165, 1.54) is 19.4 Å². The highest BCUT2D eigenvalue weighted by Crippen LogP contribution is 2.39. The molecule has 4 aromatic rings. The molecule has 2 amide bonds. The number of carbonyl (C=O) groups excluding carboxylic acids is 2. The minimum Gasteiger partial charge on any atom is -0.480 e. The average Bonchev–Trinajstić information content (AvgIpc) is 3.42. The van der Waals surface area contributed by atoms with Crippen molar-refractivity contribution in [3.63, 3.8) is 0 Å². The molecular formula is C22H19F3N8O4. The molecule has 1 fully saturated rings. The molecule has 0 unspecified atom stereocenters. The highest BCUT2D eigenvalue weighted by atomic mass is 19.4. The number of alkyl halides is 3. The molecule has 0 radical (unpaired) electrons. The number of anilines is 2. The van der Waals surface area contributed by atoms with E-state index in [1.54, 1.807) is 0 Å². The number of fused-ring (bicyclic) bond motifs is 1. The van der Waals surface area contributed by atoms with E-state index < -0.39 is 29.1 Å². The SMILES string of the molecule is COc1ncc(-c2cc(C(F)(F)F)c3c(N)ncnn23)cc1C(=O)Nc1nc(C(=O)NCC2CC2)co1. The van der Waals surface area contributed by atoms with Gasteiger partial charge in [-0.3, -0.25) is 14.9 Å². The standard InChI is InChI=1S/C22H19F3N8O4/c1-36-20-12(18(34)32-21-31-14(8-37-21)19(35)27-6-10-2-3-10)4-11(7-28-20)15-5-13(22(23,24)25)16-17(26)29-9-30-33(15)16/h4-5,7-10H,2-3,6H2,1H3,(H,27,35)(H2,26,29,30)(H,31,32,34). The van der Waals surface area contributed by atoms with Crippen molar-refractivity contribution in [2.45, 2.75) is 19.0 Å². The lowest BCUT2D eigenvalue weighted by Gasteiger charge is -2.09. The Bertz CT molecular complexity index is 1510. The van der Waals surface area contributed by atoms with Crippen molar-refractivity contribution in [2.75, 3.05) is 24.7 Å². The van der Waals surface area contributed by atoms with E-state index in [4.69, 9.17) is 14.9 Å². The zero-order valence-electron chi connectivity index (χ0n) is 19.2. The van der Waals surface area contributed by atoms with Crippen LogP contribution in [0, 0.1) is 5.92 Å². The van der Waals surface area contributed by atoms with Crippen molar-refractivity contribution in [3.05, 3.63) is 47.7 Å². The molecule has 4 N–H and O–H groups in total. The number of nitrogens with zero attached hydrogens (tertiary/aromatic N) is 5. The molecule has 0 aromatic carbocycles. The quantitative estimate of drug-likeness (QED) is 0.335. The number of rotatable bonds is 7. The number of hydrogen-bond donors (Lipinski definition) is 3. The number of aromatic nitrogens is 5. The van der Waals surface area contributed by atoms with Crippen LogP contribution in [-0.4, -0.2) is 50.0 Å². The van der Waals surface area contributed by atoms with Gasteiger partial charge in [-0.2, -0.15) is 23.3 Å². The third kappa shape index (κ3) is 4.74. The van der Waals surface area contributed by atoms with Crippen LogP contribution in [-0.2, 0) is 6.18 Å². The molecule has 15 heteroatoms. The molecule has 12 nitrogen and oxygen atoms in total. The maximum atomic E-state index is 13.7. The third-order valence-corrected chi connectivity index (χ3v) is 5.68. The van der Waals surface area contributed by atoms with Gasteiger partial charge in [0, 0.05) is 18.3 Å². The lowest BCUT2D eigenvalue weighted by atomic mass is 10.1. The summed E-state index contributed by atoms with van der Waals surface area (Å²) < 4.78 is 52.3. The summed E-state index contributed by atoms with van der Waals surface area (Å²) in [7, 11) is 1.27. The Labute approximate surface area is 206 Å². The number of halogens is 3. The molecule has 192 valence electrons. The summed E-state index contributed by atoms with van der Waals surface area (Å²) in [6.45, 7) is 0.532. The molecule has 0 saturated heterocycles. The van der Waals surface area contributed by atoms with Crippen molar-refractivity contribution in [1.82, 2.24) is 29.9 Å². The molecule has 0 bridgehead atoms. The van der Waals surface area contributed by atoms with Crippen molar-refractivity contribution in [3.8, 4) is 17.1 Å². The fraction of sp³-hybridized carbons (Fsp3) is 0.273. The summed E-state index contributed by atoms with van der Waals surface area (Å²) in [5.74, 6) is -1.24. The van der Waals surface area contributed by atoms with Crippen LogP contribution in [0.4, 0.5) is 25.0 Å². The fourth-order valence-electron chi connectivity index (χ4n) is 3.66. The second-order valence-electron chi connectivity index (χ2n) is 8.27. The summed E-state index contributed by atoms with van der Waals surface area (Å²) in [4.78, 5) is 36.8. The topological polar surface area (TPSA) is 163 Å². The molecule has 37 heavy (non-hydrogen) atoms. The molecule has 4 heterocycles. The van der Waals surface area contributed by atoms with Crippen molar-refractivity contribution < 1.29 is 31.9 Å². The Morgan fingerprint density at radius 1 is 1.24 bits per heavy atom. The number of nitrogens with two attached hydrogens (primary N) is 1. The zero-order chi connectivity index (χ0) is 26.3. The molecule has 1 aliphatic carbocycles. The van der Waals surface area contributed by atoms with Gasteiger partial charge in [-0.15, -0.1) is 0 Å². The molecule has 1 saturated carbocycles. The van der Waals surface area contributed by atoms with Gasteiger partial charge in [-0.1, -0.05) is 0 Å². The van der Waals surface area contributed by atoms with Crippen molar-refractivity contribution in [1.29, 1.82) is 0 Å². The van der Waals surface area contributed by atoms with Gasteiger partial charge in [-0.05, 0) is 30.9 Å². The number of nitrogen functional groups attached to an aromatic ring is 1. The van der Waals surface area contributed by atoms with Gasteiger partial charge in [-0.25, -0.2) is 14.5 Å². The van der Waals surface area contributed by atoms with Crippen LogP contribution >= 0.6 is 0 Å². The van der Waals surface area contributed by atoms with Crippen molar-refractivity contribution >= 4 is 29.2 Å². The van der Waals surface area contributed by atoms with Gasteiger partial charge in [0.05, 0.1) is 18.4 Å². The minimum atomic E-state index is -4.74. The fourth-order valence-corrected chi connectivity index (χ4v) is 3.66. The molecule has 0 aliphatic heterocycles. The Morgan fingerprint density at radius 2 is 2.03 bits per heavy atom. The van der Waals surface area contributed by atoms with E-state index in [0.29, 0.717) is 12.5 Å². The molecule has 0 atom stereocenters. The van der Waals surface area contributed by atoms with Crippen LogP contribution < -0.4 is 21.1 Å². The van der Waals surface area contributed by atoms with Crippen LogP contribution in [0.15, 0.2) is 35.3 Å². The predicted molar refractivity (Wildman–Crippen MR) is 122 cm³/mol. The molecule has 1 aliphatic rings. The van der Waals surface area contributed by atoms with Gasteiger partial charge in [0.25, 0.3) is 11.8 Å². The highest BCUT2D eigenvalue weighted by Gasteiger charge is 2.36. The van der Waals surface area contributed by atoms with Crippen LogP contribution in [0.1, 0.15) is 39.3 Å². The number of oxazole rings is 1. The van der Waals surface area contributed by atoms with E-state index >= 15 is 0 Å². The normalized spacial score (nSPS) is 13.5. The summed E-state index contributed by atoms with van der Waals surface area (Å²) in [5.41, 5.74) is 4.14. The summed E-state index contributed by atoms with van der Waals surface area (Å²) in [6.07, 6.45) is 0.717. The number of hydrogen-bond acceptors (Lipinski definition) is 9. The van der Waals surface area contributed by atoms with Gasteiger partial charge in [0.2, 0.25) is 5.88 Å². The van der Waals surface area contributed by atoms with Gasteiger partial charge >= 0.3 is 12.2 Å². The number of carbonyl (C=O) groups is 2. The van der Waals surface area contributed by atoms with Gasteiger partial charge < -0.3 is 20.2 Å². The van der Waals surface area contributed by atoms with Crippen molar-refractivity contribution in [2.24, 2.45) is 5.92 Å². The first kappa shape index (κ1) is 24.0. The van der Waals surface area contributed by atoms with E-state index in [9.17, 15) is 22.8 Å². The maximum Gasteiger partial charge on any atom is 0.418 e. The predicted octanol–water partition coefficient (Wildman–Crippen LogP) is 2.78. The number of ether oxygens (including phenoxy) is 1. The second kappa shape index (κ2) is 9.07. The smallest absolute Gasteiger partial charge is 0.418 e. The van der Waals surface area contributed by atoms with Crippen LogP contribution in [0.3, 0.4) is 0 Å². The zero-order valence-corrected chi connectivity index (χ0v) is 19.2. The Kier molecular flexibility index (Phi) is 5.89. The van der Waals surface area contributed by atoms with E-state index in [1.807, 2.05) is 0 Å². The van der Waals surface area contributed by atoms with Gasteiger partial charge in [0.1, 0.15) is 23.7 Å². The van der Waals surface area contributed by atoms with Gasteiger partial charge in [0.15, 0.2) is 11.5 Å². The molecule has 4 aromatic heterocycles. The third-order valence-electron chi connectivity index (χ3n) is 5.68. The Balaban J connectivity index is 1.45. The molecule has 5 rings (SSSR count). The van der Waals surface area contributed by atoms with Crippen LogP contribution in [0.5, 0.6) is 5.88 Å². The Hall–Kier alpha value is -4.69. The Morgan fingerprint density at radius 3 is 2.73 bits per heavy atom. The average molecular weight is 516 g/mol. The molecule has 0 spiro atoms. The first-order valence-electron chi connectivity index (χ1n) is 10.9. The summed E-state index contributed by atoms with van der Waals surface area (Å²) >= 11 is 0.